The highest BCUT2D eigenvalue weighted by molar-refractivity contribution is 5.95. The molecule has 21 heavy (non-hydrogen) atoms. The number of nitriles is 1. The molecule has 1 N–H and O–H groups in total. The number of ether oxygens (including phenoxy) is 1. The second-order valence-electron chi connectivity index (χ2n) is 4.38. The van der Waals surface area contributed by atoms with Crippen LogP contribution in [0.3, 0.4) is 0 Å². The molecule has 0 spiro atoms. The third kappa shape index (κ3) is 2.35. The predicted molar refractivity (Wildman–Crippen MR) is 80.5 cm³/mol. The zero-order valence-electron chi connectivity index (χ0n) is 11.4. The number of hydrogen-bond acceptors (Lipinski definition) is 4. The molecular weight excluding hydrogens is 264 g/mol. The highest BCUT2D eigenvalue weighted by atomic mass is 16.5. The van der Waals surface area contributed by atoms with Crippen molar-refractivity contribution in [2.45, 2.75) is 0 Å². The van der Waals surface area contributed by atoms with E-state index in [2.05, 4.69) is 21.3 Å². The second kappa shape index (κ2) is 5.47. The predicted octanol–water partition coefficient (Wildman–Crippen LogP) is 3.01. The van der Waals surface area contributed by atoms with Crippen molar-refractivity contribution in [1.82, 2.24) is 15.2 Å². The summed E-state index contributed by atoms with van der Waals surface area (Å²) < 4.78 is 5.37. The van der Waals surface area contributed by atoms with Crippen molar-refractivity contribution in [3.8, 4) is 11.8 Å². The fourth-order valence-corrected chi connectivity index (χ4v) is 2.17. The van der Waals surface area contributed by atoms with Crippen molar-refractivity contribution in [3.05, 3.63) is 53.5 Å². The van der Waals surface area contributed by atoms with Crippen molar-refractivity contribution >= 4 is 23.1 Å². The van der Waals surface area contributed by atoms with E-state index in [0.29, 0.717) is 17.0 Å². The number of H-pyrrole nitrogens is 1. The Morgan fingerprint density at radius 3 is 2.86 bits per heavy atom. The molecule has 102 valence electrons. The lowest BCUT2D eigenvalue weighted by molar-refractivity contribution is 0.418. The molecule has 0 aliphatic carbocycles. The molecule has 5 nitrogen and oxygen atoms in total. The van der Waals surface area contributed by atoms with Crippen molar-refractivity contribution in [2.24, 2.45) is 0 Å². The molecule has 1 aromatic carbocycles. The number of benzene rings is 1. The Morgan fingerprint density at radius 2 is 2.14 bits per heavy atom. The van der Waals surface area contributed by atoms with Crippen molar-refractivity contribution in [2.75, 3.05) is 7.11 Å². The van der Waals surface area contributed by atoms with Gasteiger partial charge in [-0.25, -0.2) is 0 Å². The molecule has 0 atom stereocenters. The minimum absolute atomic E-state index is 0.485. The van der Waals surface area contributed by atoms with Gasteiger partial charge in [0.25, 0.3) is 0 Å². The number of methoxy groups -OCH3 is 1. The van der Waals surface area contributed by atoms with Crippen LogP contribution in [0.4, 0.5) is 0 Å². The summed E-state index contributed by atoms with van der Waals surface area (Å²) in [6, 6.07) is 11.4. The number of aromatic nitrogens is 3. The molecular formula is C16H12N4O. The van der Waals surface area contributed by atoms with Crippen LogP contribution in [0.25, 0.3) is 23.1 Å². The summed E-state index contributed by atoms with van der Waals surface area (Å²) in [7, 11) is 1.55. The van der Waals surface area contributed by atoms with E-state index in [1.165, 1.54) is 0 Å². The average molecular weight is 276 g/mol. The maximum absolute atomic E-state index is 9.16. The van der Waals surface area contributed by atoms with Gasteiger partial charge in [0.15, 0.2) is 0 Å². The Kier molecular flexibility index (Phi) is 3.36. The molecule has 0 saturated carbocycles. The van der Waals surface area contributed by atoms with Gasteiger partial charge in [-0.1, -0.05) is 6.07 Å². The summed E-state index contributed by atoms with van der Waals surface area (Å²) >= 11 is 0. The maximum Gasteiger partial charge on any atom is 0.148 e. The molecule has 0 aliphatic heterocycles. The quantitative estimate of drug-likeness (QED) is 0.798. The first-order chi connectivity index (χ1) is 10.3. The third-order valence-electron chi connectivity index (χ3n) is 3.13. The van der Waals surface area contributed by atoms with Gasteiger partial charge < -0.3 is 4.74 Å². The van der Waals surface area contributed by atoms with Crippen LogP contribution in [-0.2, 0) is 0 Å². The zero-order chi connectivity index (χ0) is 14.7. The summed E-state index contributed by atoms with van der Waals surface area (Å²) in [5, 5.41) is 17.2. The van der Waals surface area contributed by atoms with Gasteiger partial charge in [0.1, 0.15) is 11.8 Å². The lowest BCUT2D eigenvalue weighted by atomic mass is 10.1. The lowest BCUT2D eigenvalue weighted by Crippen LogP contribution is -1.89. The van der Waals surface area contributed by atoms with E-state index in [0.717, 1.165) is 16.6 Å². The Balaban J connectivity index is 2.12. The fourth-order valence-electron chi connectivity index (χ4n) is 2.17. The van der Waals surface area contributed by atoms with Crippen molar-refractivity contribution in [3.63, 3.8) is 0 Å². The molecule has 3 aromatic rings. The summed E-state index contributed by atoms with van der Waals surface area (Å²) in [4.78, 5) is 4.23. The molecule has 0 aliphatic rings. The topological polar surface area (TPSA) is 74.6 Å². The van der Waals surface area contributed by atoms with Gasteiger partial charge in [0, 0.05) is 6.20 Å². The molecule has 0 fully saturated rings. The van der Waals surface area contributed by atoms with Crippen molar-refractivity contribution in [1.29, 1.82) is 5.26 Å². The molecule has 2 heterocycles. The van der Waals surface area contributed by atoms with E-state index in [1.807, 2.05) is 36.4 Å². The van der Waals surface area contributed by atoms with E-state index < -0.39 is 0 Å². The Labute approximate surface area is 121 Å². The Hall–Kier alpha value is -3.13. The molecule has 0 unspecified atom stereocenters. The largest absolute Gasteiger partial charge is 0.495 e. The number of aromatic amines is 1. The van der Waals surface area contributed by atoms with E-state index in [-0.39, 0.29) is 0 Å². The van der Waals surface area contributed by atoms with E-state index in [4.69, 9.17) is 10.00 Å². The van der Waals surface area contributed by atoms with Gasteiger partial charge in [-0.05, 0) is 36.4 Å². The van der Waals surface area contributed by atoms with Crippen LogP contribution < -0.4 is 4.74 Å². The standard InChI is InChI=1S/C16H12N4O/c1-21-16-11(10-17)5-7-13-15(16)14(20-19-13)8-6-12-4-2-3-9-18-12/h2-9H,1H3,(H,19,20). The molecule has 3 rings (SSSR count). The van der Waals surface area contributed by atoms with Crippen LogP contribution in [0.15, 0.2) is 36.5 Å². The van der Waals surface area contributed by atoms with Crippen LogP contribution in [-0.4, -0.2) is 22.3 Å². The Bertz CT molecular complexity index is 844. The molecule has 0 amide bonds. The van der Waals surface area contributed by atoms with Gasteiger partial charge in [-0.3, -0.25) is 10.1 Å². The highest BCUT2D eigenvalue weighted by Gasteiger charge is 2.13. The first kappa shape index (κ1) is 12.9. The monoisotopic (exact) mass is 276 g/mol. The number of pyridine rings is 1. The Morgan fingerprint density at radius 1 is 1.24 bits per heavy atom. The summed E-state index contributed by atoms with van der Waals surface area (Å²) in [5.74, 6) is 0.532. The number of rotatable bonds is 3. The smallest absolute Gasteiger partial charge is 0.148 e. The van der Waals surface area contributed by atoms with Crippen LogP contribution in [0.2, 0.25) is 0 Å². The summed E-state index contributed by atoms with van der Waals surface area (Å²) in [6.07, 6.45) is 5.45. The minimum atomic E-state index is 0.485. The number of hydrogen-bond donors (Lipinski definition) is 1. The van der Waals surface area contributed by atoms with Gasteiger partial charge >= 0.3 is 0 Å². The van der Waals surface area contributed by atoms with Crippen molar-refractivity contribution < 1.29 is 4.74 Å². The van der Waals surface area contributed by atoms with E-state index in [9.17, 15) is 0 Å². The zero-order valence-corrected chi connectivity index (χ0v) is 11.4. The number of nitrogens with zero attached hydrogens (tertiary/aromatic N) is 3. The van der Waals surface area contributed by atoms with Crippen LogP contribution in [0.1, 0.15) is 17.0 Å². The molecule has 0 radical (unpaired) electrons. The minimum Gasteiger partial charge on any atom is -0.495 e. The van der Waals surface area contributed by atoms with Crippen LogP contribution in [0, 0.1) is 11.3 Å². The van der Waals surface area contributed by atoms with E-state index in [1.54, 1.807) is 19.4 Å². The normalized spacial score (nSPS) is 10.9. The first-order valence-electron chi connectivity index (χ1n) is 6.38. The molecule has 0 saturated heterocycles. The van der Waals surface area contributed by atoms with Gasteiger partial charge in [0.2, 0.25) is 0 Å². The highest BCUT2D eigenvalue weighted by Crippen LogP contribution is 2.31. The average Bonchev–Trinajstić information content (AvgIpc) is 2.96. The molecule has 5 heteroatoms. The van der Waals surface area contributed by atoms with Gasteiger partial charge in [0.05, 0.1) is 35.0 Å². The number of fused-ring (bicyclic) bond motifs is 1. The van der Waals surface area contributed by atoms with Crippen LogP contribution >= 0.6 is 0 Å². The summed E-state index contributed by atoms with van der Waals surface area (Å²) in [6.45, 7) is 0. The SMILES string of the molecule is COc1c(C#N)ccc2[nH]nc(C=Cc3ccccn3)c12. The van der Waals surface area contributed by atoms with Crippen LogP contribution in [0.5, 0.6) is 5.75 Å². The number of nitrogens with one attached hydrogen (secondary N) is 1. The molecule has 2 aromatic heterocycles. The first-order valence-corrected chi connectivity index (χ1v) is 6.38. The van der Waals surface area contributed by atoms with Gasteiger partial charge in [-0.2, -0.15) is 10.4 Å². The summed E-state index contributed by atoms with van der Waals surface area (Å²) in [5.41, 5.74) is 2.86. The third-order valence-corrected chi connectivity index (χ3v) is 3.13. The second-order valence-corrected chi connectivity index (χ2v) is 4.38. The van der Waals surface area contributed by atoms with E-state index >= 15 is 0 Å². The lowest BCUT2D eigenvalue weighted by Gasteiger charge is -2.04. The molecule has 0 bridgehead atoms. The van der Waals surface area contributed by atoms with Gasteiger partial charge in [-0.15, -0.1) is 0 Å². The maximum atomic E-state index is 9.16. The fraction of sp³-hybridized carbons (Fsp3) is 0.0625.